The lowest BCUT2D eigenvalue weighted by atomic mass is 9.36. The molecule has 7 heteroatoms. The third-order valence-electron chi connectivity index (χ3n) is 15.5. The molecule has 2 unspecified atom stereocenters. The van der Waals surface area contributed by atoms with Crippen LogP contribution in [0.5, 0.6) is 0 Å². The molecule has 0 amide bonds. The Bertz CT molecular complexity index is 3410. The summed E-state index contributed by atoms with van der Waals surface area (Å²) in [6.07, 6.45) is 4.93. The van der Waals surface area contributed by atoms with Crippen molar-refractivity contribution in [3.63, 3.8) is 0 Å². The Morgan fingerprint density at radius 2 is 1.08 bits per heavy atom. The van der Waals surface area contributed by atoms with Gasteiger partial charge in [-0.3, -0.25) is 0 Å². The summed E-state index contributed by atoms with van der Waals surface area (Å²) in [5, 5.41) is 1.32. The Labute approximate surface area is 389 Å². The van der Waals surface area contributed by atoms with Crippen molar-refractivity contribution in [2.45, 2.75) is 60.3 Å². The molecule has 1 fully saturated rings. The molecule has 4 nitrogen and oxygen atoms in total. The van der Waals surface area contributed by atoms with E-state index in [1.54, 1.807) is 0 Å². The maximum atomic E-state index is 2.73. The van der Waals surface area contributed by atoms with E-state index < -0.39 is 0 Å². The Morgan fingerprint density at radius 1 is 0.477 bits per heavy atom. The van der Waals surface area contributed by atoms with Crippen LogP contribution in [-0.4, -0.2) is 12.3 Å². The van der Waals surface area contributed by atoms with Crippen LogP contribution in [0.2, 0.25) is 0 Å². The number of anilines is 11. The van der Waals surface area contributed by atoms with Crippen LogP contribution in [0.4, 0.5) is 62.6 Å². The van der Waals surface area contributed by atoms with Crippen LogP contribution in [-0.2, 0) is 5.41 Å². The van der Waals surface area contributed by atoms with Crippen LogP contribution in [0.15, 0.2) is 198 Å². The number of hydrogen-bond acceptors (Lipinski definition) is 6. The second-order valence-corrected chi connectivity index (χ2v) is 20.9. The Kier molecular flexibility index (Phi) is 8.07. The van der Waals surface area contributed by atoms with Gasteiger partial charge in [0, 0.05) is 75.6 Å². The average Bonchev–Trinajstić information content (AvgIpc) is 3.82. The Morgan fingerprint density at radius 3 is 1.83 bits per heavy atom. The Balaban J connectivity index is 1.04. The maximum Gasteiger partial charge on any atom is 0.264 e. The second kappa shape index (κ2) is 13.9. The van der Waals surface area contributed by atoms with Crippen molar-refractivity contribution in [1.29, 1.82) is 0 Å². The van der Waals surface area contributed by atoms with E-state index >= 15 is 0 Å². The summed E-state index contributed by atoms with van der Waals surface area (Å²) < 4.78 is 2.71. The van der Waals surface area contributed by atoms with Crippen molar-refractivity contribution >= 4 is 118 Å². The molecule has 5 aliphatic rings. The first-order chi connectivity index (χ1) is 32.0. The van der Waals surface area contributed by atoms with Gasteiger partial charge in [0.05, 0.1) is 22.6 Å². The zero-order valence-electron chi connectivity index (χ0n) is 36.4. The number of rotatable bonds is 3. The summed E-state index contributed by atoms with van der Waals surface area (Å²) in [5.74, 6) is 0. The van der Waals surface area contributed by atoms with Crippen molar-refractivity contribution in [3.05, 3.63) is 194 Å². The number of para-hydroxylation sites is 5. The lowest BCUT2D eigenvalue weighted by molar-refractivity contribution is 0.195. The monoisotopic (exact) mass is 872 g/mol. The summed E-state index contributed by atoms with van der Waals surface area (Å²) in [4.78, 5) is 12.8. The minimum absolute atomic E-state index is 0.0197. The minimum Gasteiger partial charge on any atom is -0.334 e. The number of hydrogen-bond donors (Lipinski definition) is 0. The standard InChI is InChI=1S/C58H45BN4S2/c1-57-34-15-16-35-58(57,2)63(45-23-10-9-22-43(45)57)41-31-33-51-42(36-41)55-56(65-51)59-44-32-30-40-37-50(44)62(49-27-17-26-48(54(49)59)61(55)39-20-7-4-8-21-39)47-25-12-14-29-53(47)64-52-28-13-11-24-46(52)60(40)38-18-5-3-6-19-38/h3-14,17-33,36-37H,15-16,34-35H2,1-2H3. The fourth-order valence-electron chi connectivity index (χ4n) is 12.5. The molecule has 14 rings (SSSR count). The number of fused-ring (bicyclic) bond motifs is 13. The molecule has 1 aliphatic carbocycles. The molecule has 4 aliphatic heterocycles. The first kappa shape index (κ1) is 37.7. The molecule has 65 heavy (non-hydrogen) atoms. The molecule has 2 atom stereocenters. The van der Waals surface area contributed by atoms with E-state index in [9.17, 15) is 0 Å². The molecular weight excluding hydrogens is 828 g/mol. The maximum absolute atomic E-state index is 2.73. The van der Waals surface area contributed by atoms with Gasteiger partial charge < -0.3 is 19.6 Å². The van der Waals surface area contributed by atoms with Crippen molar-refractivity contribution < 1.29 is 0 Å². The SMILES string of the molecule is CC12CCCCC1(C)N(c1ccc3sc4c(c3c1)N(c1ccccc1)c1cccc3c1B4c1ccc4cc1N3c1ccccc1Sc1ccccc1N4c1ccccc1)c1ccccc12. The summed E-state index contributed by atoms with van der Waals surface area (Å²) in [6.45, 7) is 5.11. The molecule has 5 heterocycles. The van der Waals surface area contributed by atoms with E-state index in [4.69, 9.17) is 0 Å². The van der Waals surface area contributed by atoms with Crippen molar-refractivity contribution in [1.82, 2.24) is 0 Å². The van der Waals surface area contributed by atoms with Crippen molar-refractivity contribution in [3.8, 4) is 0 Å². The van der Waals surface area contributed by atoms with Crippen LogP contribution < -0.4 is 35.3 Å². The topological polar surface area (TPSA) is 13.0 Å². The third kappa shape index (κ3) is 5.17. The van der Waals surface area contributed by atoms with Crippen LogP contribution in [0.25, 0.3) is 10.1 Å². The van der Waals surface area contributed by atoms with Crippen LogP contribution in [0.3, 0.4) is 0 Å². The van der Waals surface area contributed by atoms with Crippen molar-refractivity contribution in [2.75, 3.05) is 19.6 Å². The van der Waals surface area contributed by atoms with Gasteiger partial charge in [0.1, 0.15) is 0 Å². The highest BCUT2D eigenvalue weighted by molar-refractivity contribution is 7.99. The molecule has 0 radical (unpaired) electrons. The number of benzene rings is 8. The molecule has 8 aromatic carbocycles. The largest absolute Gasteiger partial charge is 0.334 e. The highest BCUT2D eigenvalue weighted by atomic mass is 32.2. The van der Waals surface area contributed by atoms with Crippen LogP contribution in [0.1, 0.15) is 45.1 Å². The van der Waals surface area contributed by atoms with Gasteiger partial charge in [-0.2, -0.15) is 0 Å². The van der Waals surface area contributed by atoms with Crippen LogP contribution >= 0.6 is 23.1 Å². The number of nitrogens with zero attached hydrogens (tertiary/aromatic N) is 4. The molecule has 0 saturated heterocycles. The van der Waals surface area contributed by atoms with E-state index in [0.717, 1.165) is 11.4 Å². The van der Waals surface area contributed by atoms with E-state index in [1.807, 2.05) is 23.1 Å². The van der Waals surface area contributed by atoms with E-state index in [2.05, 4.69) is 222 Å². The molecule has 1 saturated carbocycles. The average molecular weight is 873 g/mol. The highest BCUT2D eigenvalue weighted by Gasteiger charge is 2.57. The third-order valence-corrected chi connectivity index (χ3v) is 17.9. The zero-order chi connectivity index (χ0) is 43.0. The quantitative estimate of drug-likeness (QED) is 0.164. The highest BCUT2D eigenvalue weighted by Crippen LogP contribution is 2.61. The fraction of sp³-hybridized carbons (Fsp3) is 0.138. The Hall–Kier alpha value is -6.67. The minimum atomic E-state index is -0.0197. The molecule has 2 bridgehead atoms. The zero-order valence-corrected chi connectivity index (χ0v) is 38.0. The van der Waals surface area contributed by atoms with Gasteiger partial charge >= 0.3 is 0 Å². The van der Waals surface area contributed by atoms with Gasteiger partial charge in [-0.25, -0.2) is 0 Å². The van der Waals surface area contributed by atoms with Crippen LogP contribution in [0, 0.1) is 0 Å². The predicted octanol–water partition coefficient (Wildman–Crippen LogP) is 14.7. The lowest BCUT2D eigenvalue weighted by Crippen LogP contribution is -2.60. The molecule has 1 aromatic heterocycles. The summed E-state index contributed by atoms with van der Waals surface area (Å²) in [5.41, 5.74) is 17.7. The van der Waals surface area contributed by atoms with Gasteiger partial charge in [-0.1, -0.05) is 123 Å². The summed E-state index contributed by atoms with van der Waals surface area (Å²) >= 11 is 3.83. The predicted molar refractivity (Wildman–Crippen MR) is 277 cm³/mol. The normalized spacial score (nSPS) is 19.8. The molecule has 9 aromatic rings. The lowest BCUT2D eigenvalue weighted by Gasteiger charge is -2.50. The first-order valence-electron chi connectivity index (χ1n) is 23.1. The molecule has 0 spiro atoms. The van der Waals surface area contributed by atoms with Gasteiger partial charge in [0.15, 0.2) is 0 Å². The van der Waals surface area contributed by atoms with Gasteiger partial charge in [-0.15, -0.1) is 11.3 Å². The molecule has 312 valence electrons. The van der Waals surface area contributed by atoms with Gasteiger partial charge in [0.2, 0.25) is 0 Å². The second-order valence-electron chi connectivity index (χ2n) is 18.8. The first-order valence-corrected chi connectivity index (χ1v) is 24.7. The van der Waals surface area contributed by atoms with E-state index in [1.165, 1.54) is 118 Å². The van der Waals surface area contributed by atoms with Gasteiger partial charge in [0.25, 0.3) is 6.71 Å². The number of thiophene rings is 1. The van der Waals surface area contributed by atoms with E-state index in [0.29, 0.717) is 0 Å². The smallest absolute Gasteiger partial charge is 0.264 e. The summed E-state index contributed by atoms with van der Waals surface area (Å²) in [6, 6.07) is 70.8. The van der Waals surface area contributed by atoms with Crippen molar-refractivity contribution in [2.24, 2.45) is 0 Å². The fourth-order valence-corrected chi connectivity index (χ4v) is 14.8. The molecule has 0 N–H and O–H groups in total. The van der Waals surface area contributed by atoms with Gasteiger partial charge in [-0.05, 0) is 133 Å². The molecular formula is C58H45BN4S2. The summed E-state index contributed by atoms with van der Waals surface area (Å²) in [7, 11) is 0. The van der Waals surface area contributed by atoms with E-state index in [-0.39, 0.29) is 17.7 Å².